The molecule has 2 amide bonds. The number of rotatable bonds is 3. The van der Waals surface area contributed by atoms with Crippen LogP contribution in [0.2, 0.25) is 0 Å². The fourth-order valence-electron chi connectivity index (χ4n) is 2.87. The molecule has 1 rings (SSSR count). The van der Waals surface area contributed by atoms with Crippen molar-refractivity contribution in [2.75, 3.05) is 6.54 Å². The van der Waals surface area contributed by atoms with E-state index in [0.717, 1.165) is 19.3 Å². The molecule has 0 aromatic heterocycles. The summed E-state index contributed by atoms with van der Waals surface area (Å²) in [5.74, 6) is 0.158. The molecule has 1 saturated carbocycles. The third kappa shape index (κ3) is 4.69. The standard InChI is InChI=1S/C15H28N2O3/c1-10-6-7-12(11(2)8-10)16-14(20)17(9-13(18)19)15(3,4)5/h10-12H,6-9H2,1-5H3,(H,16,20)(H,18,19). The zero-order valence-corrected chi connectivity index (χ0v) is 13.3. The van der Waals surface area contributed by atoms with Gasteiger partial charge in [-0.05, 0) is 51.9 Å². The second kappa shape index (κ2) is 6.46. The van der Waals surface area contributed by atoms with Gasteiger partial charge >= 0.3 is 12.0 Å². The van der Waals surface area contributed by atoms with Crippen LogP contribution in [-0.4, -0.2) is 40.1 Å². The normalized spacial score (nSPS) is 26.9. The van der Waals surface area contributed by atoms with E-state index in [1.807, 2.05) is 20.8 Å². The third-order valence-corrected chi connectivity index (χ3v) is 4.09. The lowest BCUT2D eigenvalue weighted by molar-refractivity contribution is -0.138. The second-order valence-corrected chi connectivity index (χ2v) is 7.10. The van der Waals surface area contributed by atoms with Crippen molar-refractivity contribution in [1.29, 1.82) is 0 Å². The van der Waals surface area contributed by atoms with E-state index in [0.29, 0.717) is 11.8 Å². The first-order chi connectivity index (χ1) is 9.11. The van der Waals surface area contributed by atoms with E-state index in [4.69, 9.17) is 5.11 Å². The summed E-state index contributed by atoms with van der Waals surface area (Å²) in [4.78, 5) is 24.7. The van der Waals surface area contributed by atoms with Gasteiger partial charge in [-0.3, -0.25) is 4.79 Å². The molecule has 0 aliphatic heterocycles. The molecule has 1 aliphatic carbocycles. The number of hydrogen-bond donors (Lipinski definition) is 2. The van der Waals surface area contributed by atoms with Gasteiger partial charge in [0.1, 0.15) is 6.54 Å². The van der Waals surface area contributed by atoms with Crippen LogP contribution in [0.4, 0.5) is 4.79 Å². The summed E-state index contributed by atoms with van der Waals surface area (Å²) in [6.45, 7) is 9.66. The molecule has 5 heteroatoms. The predicted molar refractivity (Wildman–Crippen MR) is 78.6 cm³/mol. The Morgan fingerprint density at radius 1 is 1.25 bits per heavy atom. The van der Waals surface area contributed by atoms with E-state index < -0.39 is 11.5 Å². The number of carbonyl (C=O) groups excluding carboxylic acids is 1. The predicted octanol–water partition coefficient (Wildman–Crippen LogP) is 2.71. The molecule has 20 heavy (non-hydrogen) atoms. The van der Waals surface area contributed by atoms with Gasteiger partial charge < -0.3 is 15.3 Å². The highest BCUT2D eigenvalue weighted by Gasteiger charge is 2.32. The number of amides is 2. The quantitative estimate of drug-likeness (QED) is 0.837. The Morgan fingerprint density at radius 2 is 1.85 bits per heavy atom. The van der Waals surface area contributed by atoms with Crippen LogP contribution < -0.4 is 5.32 Å². The Balaban J connectivity index is 2.69. The number of hydrogen-bond acceptors (Lipinski definition) is 2. The lowest BCUT2D eigenvalue weighted by atomic mass is 9.80. The minimum Gasteiger partial charge on any atom is -0.480 e. The first kappa shape index (κ1) is 16.8. The van der Waals surface area contributed by atoms with Crippen molar-refractivity contribution in [2.24, 2.45) is 11.8 Å². The molecule has 1 aliphatic rings. The van der Waals surface area contributed by atoms with Gasteiger partial charge in [0, 0.05) is 11.6 Å². The van der Waals surface area contributed by atoms with Gasteiger partial charge in [-0.2, -0.15) is 0 Å². The average molecular weight is 284 g/mol. The summed E-state index contributed by atoms with van der Waals surface area (Å²) in [5, 5.41) is 12.0. The maximum atomic E-state index is 12.4. The second-order valence-electron chi connectivity index (χ2n) is 7.10. The number of urea groups is 1. The van der Waals surface area contributed by atoms with Crippen LogP contribution in [-0.2, 0) is 4.79 Å². The molecular weight excluding hydrogens is 256 g/mol. The van der Waals surface area contributed by atoms with E-state index >= 15 is 0 Å². The van der Waals surface area contributed by atoms with Gasteiger partial charge in [0.15, 0.2) is 0 Å². The topological polar surface area (TPSA) is 69.6 Å². The Kier molecular flexibility index (Phi) is 5.42. The molecule has 3 atom stereocenters. The molecule has 0 spiro atoms. The Bertz CT molecular complexity index is 363. The van der Waals surface area contributed by atoms with Crippen LogP contribution in [0, 0.1) is 11.8 Å². The van der Waals surface area contributed by atoms with Gasteiger partial charge in [-0.1, -0.05) is 13.8 Å². The van der Waals surface area contributed by atoms with E-state index in [2.05, 4.69) is 19.2 Å². The highest BCUT2D eigenvalue weighted by Crippen LogP contribution is 2.29. The largest absolute Gasteiger partial charge is 0.480 e. The number of nitrogens with one attached hydrogen (secondary N) is 1. The molecular formula is C15H28N2O3. The summed E-state index contributed by atoms with van der Waals surface area (Å²) < 4.78 is 0. The van der Waals surface area contributed by atoms with Gasteiger partial charge in [0.2, 0.25) is 0 Å². The number of nitrogens with zero attached hydrogens (tertiary/aromatic N) is 1. The average Bonchev–Trinajstić information content (AvgIpc) is 2.28. The number of carbonyl (C=O) groups is 2. The maximum absolute atomic E-state index is 12.4. The van der Waals surface area contributed by atoms with Crippen LogP contribution in [0.5, 0.6) is 0 Å². The fourth-order valence-corrected chi connectivity index (χ4v) is 2.87. The number of carboxylic acids is 1. The minimum absolute atomic E-state index is 0.150. The molecule has 0 radical (unpaired) electrons. The highest BCUT2D eigenvalue weighted by molar-refractivity contribution is 5.81. The number of aliphatic carboxylic acids is 1. The summed E-state index contributed by atoms with van der Waals surface area (Å²) in [7, 11) is 0. The SMILES string of the molecule is CC1CCC(NC(=O)N(CC(=O)O)C(C)(C)C)C(C)C1. The Labute approximate surface area is 121 Å². The van der Waals surface area contributed by atoms with Gasteiger partial charge in [0.25, 0.3) is 0 Å². The summed E-state index contributed by atoms with van der Waals surface area (Å²) in [5.41, 5.74) is -0.506. The smallest absolute Gasteiger partial charge is 0.323 e. The van der Waals surface area contributed by atoms with Crippen molar-refractivity contribution in [2.45, 2.75) is 65.5 Å². The van der Waals surface area contributed by atoms with Gasteiger partial charge in [-0.25, -0.2) is 4.79 Å². The van der Waals surface area contributed by atoms with Crippen LogP contribution >= 0.6 is 0 Å². The van der Waals surface area contributed by atoms with Crippen molar-refractivity contribution in [3.8, 4) is 0 Å². The Morgan fingerprint density at radius 3 is 2.30 bits per heavy atom. The number of carboxylic acid groups (broad SMARTS) is 1. The fraction of sp³-hybridized carbons (Fsp3) is 0.867. The lowest BCUT2D eigenvalue weighted by Crippen LogP contribution is -2.55. The first-order valence-corrected chi connectivity index (χ1v) is 7.41. The van der Waals surface area contributed by atoms with Crippen LogP contribution in [0.25, 0.3) is 0 Å². The summed E-state index contributed by atoms with van der Waals surface area (Å²) in [6, 6.07) is -0.122. The van der Waals surface area contributed by atoms with Crippen molar-refractivity contribution < 1.29 is 14.7 Å². The summed E-state index contributed by atoms with van der Waals surface area (Å²) >= 11 is 0. The third-order valence-electron chi connectivity index (χ3n) is 4.09. The molecule has 3 unspecified atom stereocenters. The monoisotopic (exact) mass is 284 g/mol. The van der Waals surface area contributed by atoms with Gasteiger partial charge in [-0.15, -0.1) is 0 Å². The van der Waals surface area contributed by atoms with E-state index in [-0.39, 0.29) is 18.6 Å². The lowest BCUT2D eigenvalue weighted by Gasteiger charge is -2.38. The van der Waals surface area contributed by atoms with E-state index in [1.54, 1.807) is 0 Å². The van der Waals surface area contributed by atoms with Crippen molar-refractivity contribution in [1.82, 2.24) is 10.2 Å². The molecule has 1 fully saturated rings. The van der Waals surface area contributed by atoms with Crippen molar-refractivity contribution in [3.05, 3.63) is 0 Å². The molecule has 0 heterocycles. The molecule has 0 aromatic rings. The first-order valence-electron chi connectivity index (χ1n) is 7.41. The molecule has 2 N–H and O–H groups in total. The van der Waals surface area contributed by atoms with Crippen molar-refractivity contribution >= 4 is 12.0 Å². The summed E-state index contributed by atoms with van der Waals surface area (Å²) in [6.07, 6.45) is 3.20. The van der Waals surface area contributed by atoms with Crippen LogP contribution in [0.1, 0.15) is 53.9 Å². The van der Waals surface area contributed by atoms with Crippen molar-refractivity contribution in [3.63, 3.8) is 0 Å². The maximum Gasteiger partial charge on any atom is 0.323 e. The van der Waals surface area contributed by atoms with Gasteiger partial charge in [0.05, 0.1) is 0 Å². The van der Waals surface area contributed by atoms with Crippen LogP contribution in [0.15, 0.2) is 0 Å². The highest BCUT2D eigenvalue weighted by atomic mass is 16.4. The minimum atomic E-state index is -0.986. The zero-order valence-electron chi connectivity index (χ0n) is 13.3. The zero-order chi connectivity index (χ0) is 15.5. The Hall–Kier alpha value is -1.26. The molecule has 116 valence electrons. The molecule has 5 nitrogen and oxygen atoms in total. The van der Waals surface area contributed by atoms with E-state index in [9.17, 15) is 9.59 Å². The molecule has 0 bridgehead atoms. The van der Waals surface area contributed by atoms with E-state index in [1.165, 1.54) is 4.90 Å². The van der Waals surface area contributed by atoms with Crippen LogP contribution in [0.3, 0.4) is 0 Å². The molecule has 0 saturated heterocycles. The molecule has 0 aromatic carbocycles.